The summed E-state index contributed by atoms with van der Waals surface area (Å²) in [6.07, 6.45) is 0. The molecule has 124 valence electrons. The quantitative estimate of drug-likeness (QED) is 0.523. The maximum absolute atomic E-state index is 12.2. The number of aromatic nitrogens is 2. The minimum atomic E-state index is -3.98. The number of hydrogen-bond acceptors (Lipinski definition) is 5. The number of aryl methyl sites for hydroxylation is 2. The summed E-state index contributed by atoms with van der Waals surface area (Å²) in [5.41, 5.74) is -0.494. The Morgan fingerprint density at radius 3 is 2.35 bits per heavy atom. The third-order valence-corrected chi connectivity index (χ3v) is 5.65. The van der Waals surface area contributed by atoms with E-state index in [1.165, 1.54) is 18.7 Å². The lowest BCUT2D eigenvalue weighted by Gasteiger charge is -2.08. The molecule has 0 saturated carbocycles. The summed E-state index contributed by atoms with van der Waals surface area (Å²) in [5.74, 6) is 0.516. The Balaban J connectivity index is 2.01. The molecule has 3 N–H and O–H groups in total. The number of benzene rings is 1. The summed E-state index contributed by atoms with van der Waals surface area (Å²) >= 11 is 1.51. The van der Waals surface area contributed by atoms with Gasteiger partial charge in [0.2, 0.25) is 10.0 Å². The van der Waals surface area contributed by atoms with Crippen molar-refractivity contribution in [3.05, 3.63) is 56.4 Å². The Bertz CT molecular complexity index is 899. The molecule has 1 heterocycles. The molecule has 0 saturated heterocycles. The van der Waals surface area contributed by atoms with Gasteiger partial charge in [-0.25, -0.2) is 17.9 Å². The third kappa shape index (κ3) is 4.57. The van der Waals surface area contributed by atoms with Gasteiger partial charge in [0, 0.05) is 22.9 Å². The molecule has 0 radical (unpaired) electrons. The Hall–Kier alpha value is -1.84. The van der Waals surface area contributed by atoms with Crippen LogP contribution in [0.4, 0.5) is 0 Å². The minimum Gasteiger partial charge on any atom is -0.310 e. The molecule has 0 aliphatic heterocycles. The van der Waals surface area contributed by atoms with Crippen molar-refractivity contribution < 1.29 is 8.42 Å². The van der Waals surface area contributed by atoms with Crippen LogP contribution in [-0.4, -0.2) is 30.7 Å². The summed E-state index contributed by atoms with van der Waals surface area (Å²) in [6, 6.07) is 7.89. The number of H-pyrrole nitrogens is 2. The molecule has 0 unspecified atom stereocenters. The third-order valence-electron chi connectivity index (χ3n) is 3.03. The van der Waals surface area contributed by atoms with E-state index >= 15 is 0 Å². The molecule has 7 nitrogen and oxygen atoms in total. The fraction of sp³-hybridized carbons (Fsp3) is 0.286. The van der Waals surface area contributed by atoms with E-state index in [0.717, 1.165) is 10.5 Å². The molecule has 2 rings (SSSR count). The molecule has 0 aliphatic rings. The number of rotatable bonds is 6. The highest BCUT2D eigenvalue weighted by molar-refractivity contribution is 7.99. The molecule has 0 fully saturated rings. The average molecular weight is 355 g/mol. The zero-order chi connectivity index (χ0) is 17.0. The van der Waals surface area contributed by atoms with Gasteiger partial charge in [0.25, 0.3) is 5.56 Å². The lowest BCUT2D eigenvalue weighted by molar-refractivity contribution is 0.580. The lowest BCUT2D eigenvalue weighted by Crippen LogP contribution is -2.35. The van der Waals surface area contributed by atoms with Crippen LogP contribution >= 0.6 is 11.8 Å². The van der Waals surface area contributed by atoms with E-state index in [1.54, 1.807) is 0 Å². The van der Waals surface area contributed by atoms with E-state index in [-0.39, 0.29) is 12.2 Å². The van der Waals surface area contributed by atoms with Crippen LogP contribution in [-0.2, 0) is 10.0 Å². The number of sulfonamides is 1. The highest BCUT2D eigenvalue weighted by Crippen LogP contribution is 2.17. The molecular formula is C14H17N3O4S2. The van der Waals surface area contributed by atoms with Crippen LogP contribution in [0.2, 0.25) is 0 Å². The van der Waals surface area contributed by atoms with Gasteiger partial charge in [0.05, 0.1) is 0 Å². The van der Waals surface area contributed by atoms with Gasteiger partial charge in [-0.1, -0.05) is 17.7 Å². The van der Waals surface area contributed by atoms with Gasteiger partial charge in [-0.15, -0.1) is 11.8 Å². The molecule has 0 bridgehead atoms. The second-order valence-electron chi connectivity index (χ2n) is 4.92. The van der Waals surface area contributed by atoms with E-state index in [0.29, 0.717) is 5.75 Å². The van der Waals surface area contributed by atoms with Crippen LogP contribution in [0.3, 0.4) is 0 Å². The summed E-state index contributed by atoms with van der Waals surface area (Å²) in [4.78, 5) is 27.6. The van der Waals surface area contributed by atoms with E-state index in [9.17, 15) is 18.0 Å². The van der Waals surface area contributed by atoms with Crippen molar-refractivity contribution in [1.82, 2.24) is 14.7 Å². The van der Waals surface area contributed by atoms with Crippen molar-refractivity contribution in [1.29, 1.82) is 0 Å². The lowest BCUT2D eigenvalue weighted by atomic mass is 10.2. The van der Waals surface area contributed by atoms with Gasteiger partial charge < -0.3 is 4.98 Å². The standard InChI is InChI=1S/C14H17N3O4S2/c1-9-3-5-11(6-4-9)22-8-7-15-23(20,21)12-10(2)16-14(19)17-13(12)18/h3-6,15H,7-8H2,1-2H3,(H2,16,17,18,19). The van der Waals surface area contributed by atoms with Crippen LogP contribution < -0.4 is 16.0 Å². The van der Waals surface area contributed by atoms with Crippen LogP contribution in [0.1, 0.15) is 11.3 Å². The molecular weight excluding hydrogens is 338 g/mol. The average Bonchev–Trinajstić information content (AvgIpc) is 2.44. The molecule has 0 aliphatic carbocycles. The van der Waals surface area contributed by atoms with Gasteiger partial charge >= 0.3 is 5.69 Å². The Kier molecular flexibility index (Phi) is 5.45. The van der Waals surface area contributed by atoms with Crippen molar-refractivity contribution in [2.45, 2.75) is 23.6 Å². The van der Waals surface area contributed by atoms with Gasteiger partial charge in [0.1, 0.15) is 0 Å². The molecule has 0 amide bonds. The van der Waals surface area contributed by atoms with Crippen molar-refractivity contribution >= 4 is 21.8 Å². The normalized spacial score (nSPS) is 11.6. The minimum absolute atomic E-state index is 0.0115. The maximum atomic E-state index is 12.2. The zero-order valence-corrected chi connectivity index (χ0v) is 14.3. The number of thioether (sulfide) groups is 1. The maximum Gasteiger partial charge on any atom is 0.325 e. The van der Waals surface area contributed by atoms with Gasteiger partial charge in [-0.2, -0.15) is 0 Å². The van der Waals surface area contributed by atoms with E-state index in [2.05, 4.69) is 9.71 Å². The molecule has 9 heteroatoms. The second kappa shape index (κ2) is 7.16. The van der Waals surface area contributed by atoms with Gasteiger partial charge in [-0.3, -0.25) is 9.78 Å². The van der Waals surface area contributed by atoms with Crippen LogP contribution in [0, 0.1) is 13.8 Å². The molecule has 0 spiro atoms. The number of hydrogen-bond donors (Lipinski definition) is 3. The Morgan fingerprint density at radius 2 is 1.74 bits per heavy atom. The summed E-state index contributed by atoms with van der Waals surface area (Å²) < 4.78 is 26.7. The van der Waals surface area contributed by atoms with Crippen molar-refractivity contribution in [3.63, 3.8) is 0 Å². The van der Waals surface area contributed by atoms with Crippen molar-refractivity contribution in [3.8, 4) is 0 Å². The first kappa shape index (κ1) is 17.5. The first-order valence-electron chi connectivity index (χ1n) is 6.82. The summed E-state index contributed by atoms with van der Waals surface area (Å²) in [7, 11) is -3.98. The predicted molar refractivity (Wildman–Crippen MR) is 89.5 cm³/mol. The molecule has 1 aromatic carbocycles. The molecule has 1 aromatic heterocycles. The van der Waals surface area contributed by atoms with Crippen LogP contribution in [0.25, 0.3) is 0 Å². The van der Waals surface area contributed by atoms with E-state index in [4.69, 9.17) is 0 Å². The number of aromatic amines is 2. The SMILES string of the molecule is Cc1ccc(SCCNS(=O)(=O)c2c(C)[nH]c(=O)[nH]c2=O)cc1. The molecule has 23 heavy (non-hydrogen) atoms. The fourth-order valence-electron chi connectivity index (χ4n) is 1.96. The van der Waals surface area contributed by atoms with E-state index in [1.807, 2.05) is 36.2 Å². The Labute approximate surface area is 137 Å². The van der Waals surface area contributed by atoms with Crippen molar-refractivity contribution in [2.75, 3.05) is 12.3 Å². The number of nitrogens with one attached hydrogen (secondary N) is 3. The Morgan fingerprint density at radius 1 is 1.09 bits per heavy atom. The monoisotopic (exact) mass is 355 g/mol. The first-order valence-corrected chi connectivity index (χ1v) is 9.29. The van der Waals surface area contributed by atoms with Crippen LogP contribution in [0.5, 0.6) is 0 Å². The predicted octanol–water partition coefficient (Wildman–Crippen LogP) is 0.751. The highest BCUT2D eigenvalue weighted by atomic mass is 32.2. The van der Waals surface area contributed by atoms with Crippen LogP contribution in [0.15, 0.2) is 43.6 Å². The van der Waals surface area contributed by atoms with Gasteiger partial charge in [0.15, 0.2) is 4.90 Å². The molecule has 0 atom stereocenters. The van der Waals surface area contributed by atoms with Crippen molar-refractivity contribution in [2.24, 2.45) is 0 Å². The second-order valence-corrected chi connectivity index (χ2v) is 7.79. The van der Waals surface area contributed by atoms with E-state index < -0.39 is 26.2 Å². The zero-order valence-electron chi connectivity index (χ0n) is 12.7. The topological polar surface area (TPSA) is 112 Å². The molecule has 2 aromatic rings. The highest BCUT2D eigenvalue weighted by Gasteiger charge is 2.21. The smallest absolute Gasteiger partial charge is 0.310 e. The van der Waals surface area contributed by atoms with Gasteiger partial charge in [-0.05, 0) is 26.0 Å². The largest absolute Gasteiger partial charge is 0.325 e. The fourth-order valence-corrected chi connectivity index (χ4v) is 4.13. The first-order chi connectivity index (χ1) is 10.8. The summed E-state index contributed by atoms with van der Waals surface area (Å²) in [5, 5.41) is 0. The summed E-state index contributed by atoms with van der Waals surface area (Å²) in [6.45, 7) is 3.53.